The van der Waals surface area contributed by atoms with E-state index in [2.05, 4.69) is 13.4 Å². The van der Waals surface area contributed by atoms with Crippen molar-refractivity contribution in [3.05, 3.63) is 11.5 Å². The van der Waals surface area contributed by atoms with Crippen molar-refractivity contribution in [2.24, 2.45) is 0 Å². The van der Waals surface area contributed by atoms with Gasteiger partial charge < -0.3 is 34.3 Å². The predicted molar refractivity (Wildman–Crippen MR) is 56.8 cm³/mol. The summed E-state index contributed by atoms with van der Waals surface area (Å²) in [7, 11) is -10.6. The van der Waals surface area contributed by atoms with E-state index in [1.54, 1.807) is 0 Å². The van der Waals surface area contributed by atoms with Gasteiger partial charge in [-0.25, -0.2) is 21.6 Å². The third-order valence-corrected chi connectivity index (χ3v) is 2.23. The summed E-state index contributed by atoms with van der Waals surface area (Å²) < 4.78 is 65.8. The summed E-state index contributed by atoms with van der Waals surface area (Å²) in [5.74, 6) is -2.78. The number of hydrogen-bond acceptors (Lipinski definition) is 14. The summed E-state index contributed by atoms with van der Waals surface area (Å²) in [6.07, 6.45) is -2.78. The first-order valence-corrected chi connectivity index (χ1v) is 7.36. The SMILES string of the molecule is O=C1O[C@H]([C@@H](O)CO)C(O)=C1O.O=S(=O)([O-])OOS(=O)(=O)[O-].[K+].[K+]. The van der Waals surface area contributed by atoms with Gasteiger partial charge in [0.25, 0.3) is 0 Å². The first-order valence-electron chi connectivity index (χ1n) is 4.70. The summed E-state index contributed by atoms with van der Waals surface area (Å²) in [4.78, 5) is 10.5. The van der Waals surface area contributed by atoms with Crippen LogP contribution in [0.1, 0.15) is 0 Å². The number of cyclic esters (lactones) is 1. The van der Waals surface area contributed by atoms with Gasteiger partial charge in [-0.1, -0.05) is 0 Å². The zero-order chi connectivity index (χ0) is 17.7. The van der Waals surface area contributed by atoms with E-state index >= 15 is 0 Å². The molecule has 0 spiro atoms. The van der Waals surface area contributed by atoms with Crippen LogP contribution in [0.15, 0.2) is 11.5 Å². The maximum atomic E-state index is 10.5. The molecule has 18 heteroatoms. The molecule has 1 heterocycles. The summed E-state index contributed by atoms with van der Waals surface area (Å²) in [5.41, 5.74) is 0. The second kappa shape index (κ2) is 13.0. The van der Waals surface area contributed by atoms with Gasteiger partial charge in [0.15, 0.2) is 11.9 Å². The molecular formula is C6H8K2O14S2. The molecule has 0 aliphatic carbocycles. The molecule has 0 aromatic rings. The maximum Gasteiger partial charge on any atom is 1.00 e. The molecule has 0 aromatic heterocycles. The minimum absolute atomic E-state index is 0. The fraction of sp³-hybridized carbons (Fsp3) is 0.500. The van der Waals surface area contributed by atoms with E-state index in [1.807, 2.05) is 0 Å². The van der Waals surface area contributed by atoms with Crippen LogP contribution in [0.4, 0.5) is 0 Å². The molecule has 14 nitrogen and oxygen atoms in total. The Labute approximate surface area is 220 Å². The van der Waals surface area contributed by atoms with Crippen molar-refractivity contribution in [3.8, 4) is 0 Å². The summed E-state index contributed by atoms with van der Waals surface area (Å²) >= 11 is 0. The van der Waals surface area contributed by atoms with E-state index in [-0.39, 0.29) is 103 Å². The van der Waals surface area contributed by atoms with Gasteiger partial charge in [-0.05, 0) is 0 Å². The Morgan fingerprint density at radius 1 is 1.08 bits per heavy atom. The second-order valence-electron chi connectivity index (χ2n) is 3.26. The molecule has 24 heavy (non-hydrogen) atoms. The molecule has 0 aromatic carbocycles. The molecule has 0 saturated heterocycles. The van der Waals surface area contributed by atoms with Crippen molar-refractivity contribution in [1.29, 1.82) is 0 Å². The first-order chi connectivity index (χ1) is 9.78. The van der Waals surface area contributed by atoms with E-state index in [4.69, 9.17) is 20.4 Å². The number of aliphatic hydroxyl groups excluding tert-OH is 4. The zero-order valence-corrected chi connectivity index (χ0v) is 19.9. The van der Waals surface area contributed by atoms with Gasteiger partial charge in [0, 0.05) is 0 Å². The number of carbonyl (C=O) groups is 1. The zero-order valence-electron chi connectivity index (χ0n) is 12.0. The van der Waals surface area contributed by atoms with E-state index < -0.39 is 57.1 Å². The monoisotopic (exact) mass is 446 g/mol. The van der Waals surface area contributed by atoms with Gasteiger partial charge in [-0.2, -0.15) is 0 Å². The first kappa shape index (κ1) is 30.5. The van der Waals surface area contributed by atoms with Crippen molar-refractivity contribution in [3.63, 3.8) is 0 Å². The van der Waals surface area contributed by atoms with Crippen LogP contribution >= 0.6 is 0 Å². The predicted octanol–water partition coefficient (Wildman–Crippen LogP) is -9.54. The molecule has 1 aliphatic rings. The second-order valence-corrected chi connectivity index (χ2v) is 5.17. The minimum atomic E-state index is -5.31. The minimum Gasteiger partial charge on any atom is -0.724 e. The fourth-order valence-electron chi connectivity index (χ4n) is 0.891. The fourth-order valence-corrected chi connectivity index (χ4v) is 1.44. The Balaban J connectivity index is -0.000000345. The molecule has 0 bridgehead atoms. The molecular weight excluding hydrogens is 438 g/mol. The average Bonchev–Trinajstić information content (AvgIpc) is 2.63. The van der Waals surface area contributed by atoms with Crippen LogP contribution in [-0.4, -0.2) is 71.2 Å². The summed E-state index contributed by atoms with van der Waals surface area (Å²) in [6, 6.07) is 0. The number of hydrogen-bond donors (Lipinski definition) is 4. The van der Waals surface area contributed by atoms with Crippen LogP contribution < -0.4 is 103 Å². The van der Waals surface area contributed by atoms with Gasteiger partial charge in [0.2, 0.25) is 26.6 Å². The molecule has 0 unspecified atom stereocenters. The van der Waals surface area contributed by atoms with Crippen LogP contribution in [0.5, 0.6) is 0 Å². The third kappa shape index (κ3) is 13.0. The molecule has 0 fully saturated rings. The molecule has 1 aliphatic heterocycles. The van der Waals surface area contributed by atoms with Crippen LogP contribution in [0.2, 0.25) is 0 Å². The Kier molecular flexibility index (Phi) is 16.5. The maximum absolute atomic E-state index is 10.5. The van der Waals surface area contributed by atoms with Crippen LogP contribution in [0, 0.1) is 0 Å². The summed E-state index contributed by atoms with van der Waals surface area (Å²) in [5, 5.41) is 35.0. The number of esters is 1. The number of carbonyl (C=O) groups excluding carboxylic acids is 1. The number of aliphatic hydroxyl groups is 4. The van der Waals surface area contributed by atoms with Crippen LogP contribution in [-0.2, 0) is 39.0 Å². The molecule has 0 radical (unpaired) electrons. The van der Waals surface area contributed by atoms with Gasteiger partial charge >= 0.3 is 109 Å². The van der Waals surface area contributed by atoms with E-state index in [0.717, 1.165) is 0 Å². The van der Waals surface area contributed by atoms with Gasteiger partial charge in [0.1, 0.15) is 6.10 Å². The molecule has 0 amide bonds. The number of rotatable bonds is 5. The molecule has 4 N–H and O–H groups in total. The normalized spacial score (nSPS) is 18.5. The van der Waals surface area contributed by atoms with E-state index in [9.17, 15) is 30.7 Å². The quantitative estimate of drug-likeness (QED) is 0.0765. The van der Waals surface area contributed by atoms with E-state index in [1.165, 1.54) is 0 Å². The third-order valence-electron chi connectivity index (χ3n) is 1.67. The average molecular weight is 446 g/mol. The van der Waals surface area contributed by atoms with Crippen molar-refractivity contribution >= 4 is 26.8 Å². The van der Waals surface area contributed by atoms with Crippen molar-refractivity contribution in [2.75, 3.05) is 6.61 Å². The topological polar surface area (TPSA) is 240 Å². The smallest absolute Gasteiger partial charge is 0.724 e. The van der Waals surface area contributed by atoms with Crippen LogP contribution in [0.3, 0.4) is 0 Å². The van der Waals surface area contributed by atoms with Gasteiger partial charge in [-0.3, -0.25) is 0 Å². The Morgan fingerprint density at radius 3 is 1.67 bits per heavy atom. The standard InChI is InChI=1S/C6H8O6.2K.H2O8S2/c7-1-2(8)5-3(9)4(10)6(11)12-5;;;1-9(2,3)7-8-10(4,5)6/h2,5,7-10H,1H2;;;(H,1,2,3)(H,4,5,6)/q;2*+1;/p-2/t2-,5+;;;/m0.../s1. The van der Waals surface area contributed by atoms with E-state index in [0.29, 0.717) is 0 Å². The van der Waals surface area contributed by atoms with Crippen molar-refractivity contribution < 1.29 is 167 Å². The largest absolute Gasteiger partial charge is 1.00 e. The summed E-state index contributed by atoms with van der Waals surface area (Å²) in [6.45, 7) is -0.671. The van der Waals surface area contributed by atoms with Gasteiger partial charge in [0.05, 0.1) is 6.61 Å². The molecule has 1 rings (SSSR count). The van der Waals surface area contributed by atoms with Crippen LogP contribution in [0.25, 0.3) is 0 Å². The van der Waals surface area contributed by atoms with Crippen molar-refractivity contribution in [1.82, 2.24) is 0 Å². The Bertz CT molecular complexity index is 606. The van der Waals surface area contributed by atoms with Gasteiger partial charge in [-0.15, -0.1) is 8.67 Å². The van der Waals surface area contributed by atoms with Crippen molar-refractivity contribution in [2.45, 2.75) is 12.2 Å². The Hall–Kier alpha value is 1.74. The number of ether oxygens (including phenoxy) is 1. The Morgan fingerprint density at radius 2 is 1.46 bits per heavy atom. The molecule has 2 atom stereocenters. The molecule has 130 valence electrons. The molecule has 0 saturated carbocycles.